The van der Waals surface area contributed by atoms with E-state index < -0.39 is 10.4 Å². The van der Waals surface area contributed by atoms with Crippen LogP contribution in [0.25, 0.3) is 0 Å². The smallest absolute Gasteiger partial charge is 0.428 e. The molecule has 0 aliphatic carbocycles. The van der Waals surface area contributed by atoms with Crippen molar-refractivity contribution in [2.75, 3.05) is 26.4 Å². The van der Waals surface area contributed by atoms with Gasteiger partial charge in [-0.25, -0.2) is 4.18 Å². The van der Waals surface area contributed by atoms with Crippen molar-refractivity contribution >= 4 is 10.4 Å². The number of hydrogen-bond donors (Lipinski definition) is 2. The fourth-order valence-corrected chi connectivity index (χ4v) is 2.29. The summed E-state index contributed by atoms with van der Waals surface area (Å²) in [5.41, 5.74) is 0. The Morgan fingerprint density at radius 2 is 1.15 bits per heavy atom. The molecule has 8 heteroatoms. The maximum atomic E-state index is 10.2. The average Bonchev–Trinajstić information content (AvgIpc) is 2.54. The maximum absolute atomic E-state index is 10.2. The molecule has 2 N–H and O–H groups in total. The van der Waals surface area contributed by atoms with Crippen LogP contribution >= 0.6 is 0 Å². The Kier molecular flexibility index (Phi) is 40.3. The van der Waals surface area contributed by atoms with Crippen molar-refractivity contribution in [2.24, 2.45) is 0 Å². The summed E-state index contributed by atoms with van der Waals surface area (Å²) < 4.78 is 37.8. The molecule has 0 heterocycles. The van der Waals surface area contributed by atoms with Crippen LogP contribution in [0.5, 0.6) is 0 Å². The standard InChI is InChI=1S/C12H26O4S.C4H10O.C2H5O.Na/c1-2-3-4-5-6-7-8-9-10-11-12-16-17(13,14)15;1-3-5-4-2;1-2-3;/h2-12H2,1H3,(H,13,14,15);3-4H2,1-2H3;3H,1-2H2;/q;;-1;+1. The first-order valence-electron chi connectivity index (χ1n) is 9.49. The second-order valence-corrected chi connectivity index (χ2v) is 6.53. The summed E-state index contributed by atoms with van der Waals surface area (Å²) in [5.74, 6) is 0. The van der Waals surface area contributed by atoms with E-state index in [1.54, 1.807) is 0 Å². The molecule has 0 saturated heterocycles. The summed E-state index contributed by atoms with van der Waals surface area (Å²) in [6.45, 7) is 11.0. The van der Waals surface area contributed by atoms with E-state index in [1.807, 2.05) is 13.8 Å². The van der Waals surface area contributed by atoms with Gasteiger partial charge in [0.1, 0.15) is 0 Å². The predicted molar refractivity (Wildman–Crippen MR) is 104 cm³/mol. The molecule has 0 aliphatic heterocycles. The zero-order valence-corrected chi connectivity index (χ0v) is 20.4. The number of unbranched alkanes of at least 4 members (excludes halogenated alkanes) is 9. The molecule has 0 bridgehead atoms. The first-order valence-corrected chi connectivity index (χ1v) is 10.9. The molecule has 26 heavy (non-hydrogen) atoms. The van der Waals surface area contributed by atoms with Gasteiger partial charge < -0.3 is 16.8 Å². The minimum atomic E-state index is -4.23. The number of ether oxygens (including phenoxy) is 1. The van der Waals surface area contributed by atoms with Crippen molar-refractivity contribution in [3.05, 3.63) is 6.92 Å². The van der Waals surface area contributed by atoms with Gasteiger partial charge in [0.15, 0.2) is 0 Å². The number of rotatable bonds is 14. The van der Waals surface area contributed by atoms with Gasteiger partial charge in [-0.05, 0) is 20.3 Å². The van der Waals surface area contributed by atoms with E-state index in [0.29, 0.717) is 6.42 Å². The molecule has 0 aromatic carbocycles. The van der Waals surface area contributed by atoms with Gasteiger partial charge in [0.05, 0.1) is 6.61 Å². The zero-order chi connectivity index (χ0) is 19.8. The number of aliphatic hydroxyl groups is 1. The Morgan fingerprint density at radius 3 is 1.42 bits per heavy atom. The van der Waals surface area contributed by atoms with Crippen molar-refractivity contribution in [3.8, 4) is 0 Å². The second-order valence-electron chi connectivity index (χ2n) is 5.44. The predicted octanol–water partition coefficient (Wildman–Crippen LogP) is 1.59. The first kappa shape index (κ1) is 34.3. The van der Waals surface area contributed by atoms with Gasteiger partial charge in [-0.3, -0.25) is 4.55 Å². The quantitative estimate of drug-likeness (QED) is 0.196. The van der Waals surface area contributed by atoms with E-state index in [4.69, 9.17) is 14.4 Å². The molecule has 0 amide bonds. The normalized spacial score (nSPS) is 10.1. The average molecular weight is 409 g/mol. The molecule has 0 aromatic rings. The molecule has 0 aromatic heterocycles. The van der Waals surface area contributed by atoms with Crippen molar-refractivity contribution in [1.29, 1.82) is 0 Å². The van der Waals surface area contributed by atoms with Crippen LogP contribution in [0.4, 0.5) is 0 Å². The van der Waals surface area contributed by atoms with Gasteiger partial charge in [0.25, 0.3) is 0 Å². The molecule has 0 rings (SSSR count). The van der Waals surface area contributed by atoms with E-state index in [-0.39, 0.29) is 42.8 Å². The fourth-order valence-electron chi connectivity index (χ4n) is 1.96. The SMILES string of the molecule is CCCCCCCCCCCCOS(=O)(=O)O.CCOCC.[CH2-]CO.[Na+]. The van der Waals surface area contributed by atoms with E-state index >= 15 is 0 Å². The van der Waals surface area contributed by atoms with Crippen LogP contribution in [-0.2, 0) is 19.3 Å². The first-order chi connectivity index (χ1) is 11.9. The van der Waals surface area contributed by atoms with Crippen molar-refractivity contribution in [3.63, 3.8) is 0 Å². The molecular weight excluding hydrogens is 367 g/mol. The van der Waals surface area contributed by atoms with E-state index in [2.05, 4.69) is 18.0 Å². The van der Waals surface area contributed by atoms with Crippen molar-refractivity contribution < 1.29 is 56.6 Å². The molecule has 0 radical (unpaired) electrons. The second kappa shape index (κ2) is 30.5. The van der Waals surface area contributed by atoms with Crippen LogP contribution in [0.2, 0.25) is 0 Å². The third-order valence-electron chi connectivity index (χ3n) is 3.14. The Balaban J connectivity index is -0.000000226. The Morgan fingerprint density at radius 1 is 0.808 bits per heavy atom. The van der Waals surface area contributed by atoms with E-state index in [1.165, 1.54) is 44.9 Å². The van der Waals surface area contributed by atoms with Crippen molar-refractivity contribution in [2.45, 2.75) is 85.0 Å². The monoisotopic (exact) mass is 408 g/mol. The Labute approximate surface area is 184 Å². The van der Waals surface area contributed by atoms with Crippen LogP contribution in [0.3, 0.4) is 0 Å². The van der Waals surface area contributed by atoms with E-state index in [9.17, 15) is 8.42 Å². The van der Waals surface area contributed by atoms with Gasteiger partial charge in [-0.1, -0.05) is 71.3 Å². The minimum Gasteiger partial charge on any atom is -0.428 e. The zero-order valence-electron chi connectivity index (χ0n) is 17.5. The van der Waals surface area contributed by atoms with Crippen LogP contribution in [-0.4, -0.2) is 44.5 Å². The topological polar surface area (TPSA) is 93.1 Å². The maximum Gasteiger partial charge on any atom is 1.00 e. The van der Waals surface area contributed by atoms with Gasteiger partial charge in [0, 0.05) is 13.2 Å². The van der Waals surface area contributed by atoms with Gasteiger partial charge in [0.2, 0.25) is 0 Å². The molecule has 0 unspecified atom stereocenters. The molecule has 6 nitrogen and oxygen atoms in total. The molecule has 0 fully saturated rings. The minimum absolute atomic E-state index is 0. The van der Waals surface area contributed by atoms with Crippen molar-refractivity contribution in [1.82, 2.24) is 0 Å². The fraction of sp³-hybridized carbons (Fsp3) is 0.944. The Bertz CT molecular complexity index is 311. The van der Waals surface area contributed by atoms with E-state index in [0.717, 1.165) is 26.1 Å². The third kappa shape index (κ3) is 49.8. The third-order valence-corrected chi connectivity index (χ3v) is 3.60. The molecule has 156 valence electrons. The van der Waals surface area contributed by atoms with Crippen LogP contribution in [0.1, 0.15) is 85.0 Å². The summed E-state index contributed by atoms with van der Waals surface area (Å²) in [4.78, 5) is 0. The molecule has 0 spiro atoms. The van der Waals surface area contributed by atoms with Gasteiger partial charge in [-0.15, -0.1) is 0 Å². The summed E-state index contributed by atoms with van der Waals surface area (Å²) in [6.07, 6.45) is 11.9. The molecule has 0 atom stereocenters. The van der Waals surface area contributed by atoms with Crippen LogP contribution in [0, 0.1) is 6.92 Å². The molecular formula is C18H41NaO6S. The van der Waals surface area contributed by atoms with Gasteiger partial charge in [-0.2, -0.15) is 8.42 Å². The van der Waals surface area contributed by atoms with Crippen LogP contribution < -0.4 is 29.6 Å². The van der Waals surface area contributed by atoms with Crippen LogP contribution in [0.15, 0.2) is 0 Å². The molecule has 0 aliphatic rings. The summed E-state index contributed by atoms with van der Waals surface area (Å²) >= 11 is 0. The summed E-state index contributed by atoms with van der Waals surface area (Å²) in [7, 11) is -4.23. The largest absolute Gasteiger partial charge is 1.00 e. The molecule has 0 saturated carbocycles. The number of hydrogen-bond acceptors (Lipinski definition) is 5. The Hall–Kier alpha value is 0.790. The summed E-state index contributed by atoms with van der Waals surface area (Å²) in [5, 5.41) is 7.46. The van der Waals surface area contributed by atoms with Gasteiger partial charge >= 0.3 is 40.0 Å². The summed E-state index contributed by atoms with van der Waals surface area (Å²) in [6, 6.07) is 0. The number of aliphatic hydroxyl groups excluding tert-OH is 1.